The molecular weight excluding hydrogens is 229 g/mol. The number of hydrogen-bond acceptors (Lipinski definition) is 2. The monoisotopic (exact) mass is 249 g/mol. The van der Waals surface area contributed by atoms with Crippen molar-refractivity contribution in [3.63, 3.8) is 0 Å². The van der Waals surface area contributed by atoms with E-state index in [9.17, 15) is 4.39 Å². The molecule has 0 aromatic heterocycles. The van der Waals surface area contributed by atoms with Crippen LogP contribution in [0.4, 0.5) is 10.1 Å². The Bertz CT molecular complexity index is 446. The molecule has 1 aromatic rings. The van der Waals surface area contributed by atoms with Crippen LogP contribution < -0.4 is 5.32 Å². The summed E-state index contributed by atoms with van der Waals surface area (Å²) < 4.78 is 19.1. The summed E-state index contributed by atoms with van der Waals surface area (Å²) in [4.78, 5) is 0. The maximum absolute atomic E-state index is 13.2. The predicted octanol–water partition coefficient (Wildman–Crippen LogP) is 3.44. The molecule has 2 aliphatic rings. The second-order valence-electron chi connectivity index (χ2n) is 6.05. The summed E-state index contributed by atoms with van der Waals surface area (Å²) in [5, 5.41) is 3.49. The average Bonchev–Trinajstić information content (AvgIpc) is 2.36. The van der Waals surface area contributed by atoms with Crippen LogP contribution in [0.15, 0.2) is 24.3 Å². The van der Waals surface area contributed by atoms with Crippen molar-refractivity contribution < 1.29 is 9.13 Å². The molecule has 1 aliphatic heterocycles. The normalized spacial score (nSPS) is 33.4. The largest absolute Gasteiger partial charge is 0.381 e. The fraction of sp³-hybridized carbons (Fsp3) is 0.600. The third kappa shape index (κ3) is 1.81. The van der Waals surface area contributed by atoms with E-state index in [1.54, 1.807) is 12.1 Å². The van der Waals surface area contributed by atoms with Gasteiger partial charge in [-0.3, -0.25) is 0 Å². The van der Waals surface area contributed by atoms with E-state index in [1.807, 2.05) is 6.07 Å². The lowest BCUT2D eigenvalue weighted by Crippen LogP contribution is -2.67. The van der Waals surface area contributed by atoms with Crippen LogP contribution in [0.1, 0.15) is 26.7 Å². The zero-order valence-corrected chi connectivity index (χ0v) is 10.9. The summed E-state index contributed by atoms with van der Waals surface area (Å²) in [6, 6.07) is 7.09. The van der Waals surface area contributed by atoms with Crippen molar-refractivity contribution in [2.24, 2.45) is 11.3 Å². The number of hydrogen-bond donors (Lipinski definition) is 1. The van der Waals surface area contributed by atoms with Crippen molar-refractivity contribution in [1.82, 2.24) is 0 Å². The minimum atomic E-state index is -0.187. The van der Waals surface area contributed by atoms with Gasteiger partial charge in [0.05, 0.1) is 6.10 Å². The Hall–Kier alpha value is -1.09. The molecule has 0 amide bonds. The van der Waals surface area contributed by atoms with Gasteiger partial charge in [-0.15, -0.1) is 0 Å². The molecule has 3 unspecified atom stereocenters. The van der Waals surface area contributed by atoms with Crippen LogP contribution in [0, 0.1) is 17.2 Å². The Morgan fingerprint density at radius 2 is 2.22 bits per heavy atom. The van der Waals surface area contributed by atoms with Gasteiger partial charge in [-0.2, -0.15) is 0 Å². The summed E-state index contributed by atoms with van der Waals surface area (Å²) in [5.74, 6) is 0.380. The van der Waals surface area contributed by atoms with E-state index < -0.39 is 0 Å². The molecule has 3 rings (SSSR count). The second-order valence-corrected chi connectivity index (χ2v) is 6.05. The molecule has 0 spiro atoms. The van der Waals surface area contributed by atoms with Gasteiger partial charge in [-0.25, -0.2) is 4.39 Å². The Balaban J connectivity index is 1.76. The van der Waals surface area contributed by atoms with Gasteiger partial charge in [0, 0.05) is 29.7 Å². The number of fused-ring (bicyclic) bond motifs is 1. The molecule has 98 valence electrons. The fourth-order valence-electron chi connectivity index (χ4n) is 3.57. The highest BCUT2D eigenvalue weighted by Crippen LogP contribution is 2.52. The van der Waals surface area contributed by atoms with Crippen molar-refractivity contribution in [1.29, 1.82) is 0 Å². The Morgan fingerprint density at radius 1 is 1.39 bits per heavy atom. The van der Waals surface area contributed by atoms with E-state index >= 15 is 0 Å². The zero-order chi connectivity index (χ0) is 12.8. The van der Waals surface area contributed by atoms with E-state index in [4.69, 9.17) is 4.74 Å². The Morgan fingerprint density at radius 3 is 3.00 bits per heavy atom. The fourth-order valence-corrected chi connectivity index (χ4v) is 3.57. The van der Waals surface area contributed by atoms with Crippen LogP contribution in [-0.2, 0) is 4.74 Å². The summed E-state index contributed by atoms with van der Waals surface area (Å²) >= 11 is 0. The average molecular weight is 249 g/mol. The summed E-state index contributed by atoms with van der Waals surface area (Å²) in [5.41, 5.74) is 0.995. The first-order valence-electron chi connectivity index (χ1n) is 6.73. The van der Waals surface area contributed by atoms with E-state index in [2.05, 4.69) is 19.2 Å². The minimum absolute atomic E-state index is 0.122. The van der Waals surface area contributed by atoms with Crippen molar-refractivity contribution >= 4 is 5.69 Å². The highest BCUT2D eigenvalue weighted by molar-refractivity contribution is 5.46. The van der Waals surface area contributed by atoms with Gasteiger partial charge in [0.2, 0.25) is 0 Å². The molecule has 2 nitrogen and oxygen atoms in total. The van der Waals surface area contributed by atoms with Gasteiger partial charge in [-0.1, -0.05) is 19.9 Å². The van der Waals surface area contributed by atoms with Crippen LogP contribution in [-0.4, -0.2) is 18.8 Å². The lowest BCUT2D eigenvalue weighted by atomic mass is 9.55. The van der Waals surface area contributed by atoms with E-state index in [-0.39, 0.29) is 11.2 Å². The molecule has 1 aliphatic carbocycles. The highest BCUT2D eigenvalue weighted by atomic mass is 19.1. The van der Waals surface area contributed by atoms with Crippen LogP contribution in [0.3, 0.4) is 0 Å². The van der Waals surface area contributed by atoms with Crippen molar-refractivity contribution in [2.45, 2.75) is 38.8 Å². The molecule has 2 fully saturated rings. The standard InChI is InChI=1S/C15H20FNO/c1-15(2)13(12-7-4-8-18-14(12)15)17-11-6-3-5-10(16)9-11/h3,5-6,9,12-14,17H,4,7-8H2,1-2H3. The molecule has 0 bridgehead atoms. The first-order valence-corrected chi connectivity index (χ1v) is 6.73. The number of halogens is 1. The van der Waals surface area contributed by atoms with Gasteiger partial charge in [0.15, 0.2) is 0 Å². The van der Waals surface area contributed by atoms with Crippen LogP contribution >= 0.6 is 0 Å². The predicted molar refractivity (Wildman–Crippen MR) is 70.1 cm³/mol. The molecular formula is C15H20FNO. The summed E-state index contributed by atoms with van der Waals surface area (Å²) in [6.45, 7) is 5.35. The van der Waals surface area contributed by atoms with Gasteiger partial charge in [0.25, 0.3) is 0 Å². The first-order chi connectivity index (χ1) is 8.59. The third-order valence-corrected chi connectivity index (χ3v) is 4.48. The van der Waals surface area contributed by atoms with Crippen LogP contribution in [0.25, 0.3) is 0 Å². The maximum Gasteiger partial charge on any atom is 0.125 e. The third-order valence-electron chi connectivity index (χ3n) is 4.48. The zero-order valence-electron chi connectivity index (χ0n) is 10.9. The smallest absolute Gasteiger partial charge is 0.125 e. The number of anilines is 1. The second kappa shape index (κ2) is 4.23. The number of nitrogens with one attached hydrogen (secondary N) is 1. The molecule has 18 heavy (non-hydrogen) atoms. The van der Waals surface area contributed by atoms with Gasteiger partial charge < -0.3 is 10.1 Å². The molecule has 1 saturated heterocycles. The molecule has 3 atom stereocenters. The SMILES string of the molecule is CC1(C)C(Nc2cccc(F)c2)C2CCCOC21. The Labute approximate surface area is 108 Å². The number of benzene rings is 1. The molecule has 1 heterocycles. The van der Waals surface area contributed by atoms with Crippen molar-refractivity contribution in [2.75, 3.05) is 11.9 Å². The van der Waals surface area contributed by atoms with Gasteiger partial charge in [-0.05, 0) is 31.0 Å². The van der Waals surface area contributed by atoms with Crippen LogP contribution in [0.5, 0.6) is 0 Å². The minimum Gasteiger partial charge on any atom is -0.381 e. The lowest BCUT2D eigenvalue weighted by molar-refractivity contribution is -0.177. The van der Waals surface area contributed by atoms with E-state index in [1.165, 1.54) is 12.5 Å². The molecule has 1 N–H and O–H groups in total. The Kier molecular flexibility index (Phi) is 2.81. The topological polar surface area (TPSA) is 21.3 Å². The maximum atomic E-state index is 13.2. The van der Waals surface area contributed by atoms with Crippen LogP contribution in [0.2, 0.25) is 0 Å². The number of rotatable bonds is 2. The number of ether oxygens (including phenoxy) is 1. The highest BCUT2D eigenvalue weighted by Gasteiger charge is 2.57. The first kappa shape index (κ1) is 12.0. The van der Waals surface area contributed by atoms with Gasteiger partial charge in [0.1, 0.15) is 5.82 Å². The molecule has 3 heteroatoms. The molecule has 1 aromatic carbocycles. The van der Waals surface area contributed by atoms with E-state index in [0.717, 1.165) is 18.7 Å². The quantitative estimate of drug-likeness (QED) is 0.867. The molecule has 0 radical (unpaired) electrons. The lowest BCUT2D eigenvalue weighted by Gasteiger charge is -2.60. The van der Waals surface area contributed by atoms with Crippen molar-refractivity contribution in [3.05, 3.63) is 30.1 Å². The molecule has 1 saturated carbocycles. The summed E-state index contributed by atoms with van der Waals surface area (Å²) in [6.07, 6.45) is 2.71. The summed E-state index contributed by atoms with van der Waals surface area (Å²) in [7, 11) is 0. The van der Waals surface area contributed by atoms with Crippen molar-refractivity contribution in [3.8, 4) is 0 Å². The van der Waals surface area contributed by atoms with E-state index in [0.29, 0.717) is 18.1 Å². The van der Waals surface area contributed by atoms with Gasteiger partial charge >= 0.3 is 0 Å².